The third-order valence-corrected chi connectivity index (χ3v) is 2.65. The fraction of sp³-hybridized carbons (Fsp3) is 0.231. The van der Waals surface area contributed by atoms with Crippen LogP contribution in [-0.2, 0) is 6.42 Å². The van der Waals surface area contributed by atoms with Crippen LogP contribution in [0.4, 0.5) is 11.6 Å². The van der Waals surface area contributed by atoms with Gasteiger partial charge in [-0.1, -0.05) is 30.3 Å². The Kier molecular flexibility index (Phi) is 3.55. The van der Waals surface area contributed by atoms with E-state index in [9.17, 15) is 0 Å². The van der Waals surface area contributed by atoms with Gasteiger partial charge in [-0.2, -0.15) is 0 Å². The number of nitrogens with zero attached hydrogens (tertiary/aromatic N) is 3. The summed E-state index contributed by atoms with van der Waals surface area (Å²) in [6.45, 7) is 0.868. The number of rotatable bonds is 4. The Morgan fingerprint density at radius 2 is 1.82 bits per heavy atom. The molecule has 4 nitrogen and oxygen atoms in total. The third-order valence-electron chi connectivity index (χ3n) is 2.65. The average Bonchev–Trinajstić information content (AvgIpc) is 2.38. The lowest BCUT2D eigenvalue weighted by molar-refractivity contribution is 0.857. The van der Waals surface area contributed by atoms with Gasteiger partial charge in [-0.15, -0.1) is 0 Å². The molecule has 0 fully saturated rings. The van der Waals surface area contributed by atoms with Crippen LogP contribution in [0.5, 0.6) is 0 Å². The van der Waals surface area contributed by atoms with Crippen LogP contribution in [0.1, 0.15) is 5.56 Å². The summed E-state index contributed by atoms with van der Waals surface area (Å²) in [6, 6.07) is 10.4. The Bertz CT molecular complexity index is 470. The van der Waals surface area contributed by atoms with Crippen molar-refractivity contribution in [2.45, 2.75) is 6.42 Å². The highest BCUT2D eigenvalue weighted by molar-refractivity contribution is 5.56. The highest BCUT2D eigenvalue weighted by atomic mass is 15.2. The second kappa shape index (κ2) is 5.30. The van der Waals surface area contributed by atoms with Crippen molar-refractivity contribution < 1.29 is 0 Å². The van der Waals surface area contributed by atoms with Gasteiger partial charge >= 0.3 is 0 Å². The fourth-order valence-electron chi connectivity index (χ4n) is 1.68. The van der Waals surface area contributed by atoms with Gasteiger partial charge in [-0.3, -0.25) is 0 Å². The van der Waals surface area contributed by atoms with Crippen LogP contribution in [0.3, 0.4) is 0 Å². The molecule has 0 radical (unpaired) electrons. The quantitative estimate of drug-likeness (QED) is 0.866. The van der Waals surface area contributed by atoms with Crippen LogP contribution in [0, 0.1) is 0 Å². The number of hydrogen-bond acceptors (Lipinski definition) is 4. The maximum Gasteiger partial charge on any atom is 0.171 e. The lowest BCUT2D eigenvalue weighted by Crippen LogP contribution is -2.22. The summed E-state index contributed by atoms with van der Waals surface area (Å²) < 4.78 is 0. The van der Waals surface area contributed by atoms with E-state index in [0.29, 0.717) is 5.82 Å². The lowest BCUT2D eigenvalue weighted by atomic mass is 10.1. The van der Waals surface area contributed by atoms with Crippen LogP contribution >= 0.6 is 0 Å². The first-order chi connectivity index (χ1) is 8.27. The molecule has 1 aromatic carbocycles. The molecule has 2 N–H and O–H groups in total. The van der Waals surface area contributed by atoms with Gasteiger partial charge < -0.3 is 10.6 Å². The van der Waals surface area contributed by atoms with Gasteiger partial charge in [0.2, 0.25) is 0 Å². The van der Waals surface area contributed by atoms with Gasteiger partial charge in [0.15, 0.2) is 11.6 Å². The van der Waals surface area contributed by atoms with Crippen molar-refractivity contribution in [2.75, 3.05) is 24.2 Å². The number of nitrogens with two attached hydrogens (primary N) is 1. The molecule has 0 aliphatic carbocycles. The predicted octanol–water partition coefficient (Wildman–Crippen LogP) is 1.74. The second-order valence-corrected chi connectivity index (χ2v) is 3.92. The molecule has 2 rings (SSSR count). The molecular formula is C13H16N4. The van der Waals surface area contributed by atoms with Crippen LogP contribution in [0.25, 0.3) is 0 Å². The number of likely N-dealkylation sites (N-methyl/N-ethyl adjacent to an activating group) is 1. The largest absolute Gasteiger partial charge is 0.381 e. The van der Waals surface area contributed by atoms with Crippen molar-refractivity contribution in [2.24, 2.45) is 0 Å². The van der Waals surface area contributed by atoms with Crippen LogP contribution in [0.2, 0.25) is 0 Å². The summed E-state index contributed by atoms with van der Waals surface area (Å²) in [4.78, 5) is 10.3. The van der Waals surface area contributed by atoms with Gasteiger partial charge in [0, 0.05) is 26.0 Å². The normalized spacial score (nSPS) is 10.2. The Labute approximate surface area is 101 Å². The average molecular weight is 228 g/mol. The Hall–Kier alpha value is -2.10. The van der Waals surface area contributed by atoms with Gasteiger partial charge in [-0.25, -0.2) is 9.97 Å². The molecule has 1 aromatic heterocycles. The molecule has 2 aromatic rings. The zero-order chi connectivity index (χ0) is 12.1. The topological polar surface area (TPSA) is 55.0 Å². The zero-order valence-electron chi connectivity index (χ0n) is 9.87. The first-order valence-electron chi connectivity index (χ1n) is 5.59. The molecule has 0 aliphatic rings. The number of aromatic nitrogens is 2. The smallest absolute Gasteiger partial charge is 0.171 e. The molecule has 17 heavy (non-hydrogen) atoms. The fourth-order valence-corrected chi connectivity index (χ4v) is 1.68. The monoisotopic (exact) mass is 228 g/mol. The Morgan fingerprint density at radius 3 is 2.53 bits per heavy atom. The third kappa shape index (κ3) is 2.93. The van der Waals surface area contributed by atoms with Crippen LogP contribution < -0.4 is 10.6 Å². The minimum Gasteiger partial charge on any atom is -0.381 e. The molecule has 4 heteroatoms. The van der Waals surface area contributed by atoms with Crippen molar-refractivity contribution >= 4 is 11.6 Å². The SMILES string of the molecule is CN(CCc1ccccc1)c1nccnc1N. The summed E-state index contributed by atoms with van der Waals surface area (Å²) in [5.74, 6) is 1.21. The molecule has 0 aliphatic heterocycles. The number of hydrogen-bond donors (Lipinski definition) is 1. The Balaban J connectivity index is 1.99. The molecule has 0 saturated heterocycles. The molecule has 0 amide bonds. The van der Waals surface area contributed by atoms with E-state index >= 15 is 0 Å². The highest BCUT2D eigenvalue weighted by Crippen LogP contribution is 2.15. The molecule has 0 bridgehead atoms. The van der Waals surface area contributed by atoms with E-state index in [0.717, 1.165) is 18.8 Å². The van der Waals surface area contributed by atoms with E-state index < -0.39 is 0 Å². The maximum atomic E-state index is 5.78. The van der Waals surface area contributed by atoms with Crippen molar-refractivity contribution in [1.82, 2.24) is 9.97 Å². The molecule has 1 heterocycles. The van der Waals surface area contributed by atoms with Crippen LogP contribution in [-0.4, -0.2) is 23.6 Å². The van der Waals surface area contributed by atoms with E-state index in [1.54, 1.807) is 12.4 Å². The van der Waals surface area contributed by atoms with Crippen molar-refractivity contribution in [3.63, 3.8) is 0 Å². The molecule has 0 unspecified atom stereocenters. The number of benzene rings is 1. The van der Waals surface area contributed by atoms with E-state index in [4.69, 9.17) is 5.73 Å². The summed E-state index contributed by atoms with van der Waals surface area (Å²) in [7, 11) is 1.98. The van der Waals surface area contributed by atoms with E-state index in [-0.39, 0.29) is 0 Å². The zero-order valence-corrected chi connectivity index (χ0v) is 9.87. The maximum absolute atomic E-state index is 5.78. The van der Waals surface area contributed by atoms with Crippen molar-refractivity contribution in [3.8, 4) is 0 Å². The summed E-state index contributed by atoms with van der Waals surface area (Å²) in [5, 5.41) is 0. The summed E-state index contributed by atoms with van der Waals surface area (Å²) >= 11 is 0. The minimum atomic E-state index is 0.475. The molecule has 0 saturated carbocycles. The lowest BCUT2D eigenvalue weighted by Gasteiger charge is -2.18. The second-order valence-electron chi connectivity index (χ2n) is 3.92. The van der Waals surface area contributed by atoms with Gasteiger partial charge in [0.25, 0.3) is 0 Å². The molecule has 0 spiro atoms. The molecule has 88 valence electrons. The van der Waals surface area contributed by atoms with Gasteiger partial charge in [0.05, 0.1) is 0 Å². The van der Waals surface area contributed by atoms with Crippen molar-refractivity contribution in [3.05, 3.63) is 48.3 Å². The molecule has 0 atom stereocenters. The van der Waals surface area contributed by atoms with E-state index in [1.807, 2.05) is 30.1 Å². The van der Waals surface area contributed by atoms with Gasteiger partial charge in [-0.05, 0) is 12.0 Å². The van der Waals surface area contributed by atoms with E-state index in [1.165, 1.54) is 5.56 Å². The first kappa shape index (κ1) is 11.4. The van der Waals surface area contributed by atoms with Crippen LogP contribution in [0.15, 0.2) is 42.7 Å². The van der Waals surface area contributed by atoms with Crippen molar-refractivity contribution in [1.29, 1.82) is 0 Å². The summed E-state index contributed by atoms with van der Waals surface area (Å²) in [5.41, 5.74) is 7.08. The first-order valence-corrected chi connectivity index (χ1v) is 5.59. The predicted molar refractivity (Wildman–Crippen MR) is 69.9 cm³/mol. The number of anilines is 2. The Morgan fingerprint density at radius 1 is 1.12 bits per heavy atom. The number of nitrogen functional groups attached to an aromatic ring is 1. The highest BCUT2D eigenvalue weighted by Gasteiger charge is 2.06. The molecular weight excluding hydrogens is 212 g/mol. The standard InChI is InChI=1S/C13H16N4/c1-17(13-12(14)15-8-9-16-13)10-7-11-5-3-2-4-6-11/h2-6,8-9H,7,10H2,1H3,(H2,14,15). The van der Waals surface area contributed by atoms with E-state index in [2.05, 4.69) is 22.1 Å². The summed E-state index contributed by atoms with van der Waals surface area (Å²) in [6.07, 6.45) is 4.22. The van der Waals surface area contributed by atoms with Gasteiger partial charge in [0.1, 0.15) is 0 Å². The minimum absolute atomic E-state index is 0.475.